The van der Waals surface area contributed by atoms with Crippen molar-refractivity contribution in [3.05, 3.63) is 63.5 Å². The van der Waals surface area contributed by atoms with E-state index >= 15 is 0 Å². The monoisotopic (exact) mass is 574 g/mol. The number of amides is 1. The Bertz CT molecular complexity index is 1520. The standard InChI is InChI=1S/C33H38N2O7/c1-35(2)27-22-15-19-14-21-20(18-9-8-17(13-18)12-16-6-4-3-5-7-16)10-11-23(36)25(21)28(37)24(19)30(39)33(22,42)31(40)26(29(27)38)32(34)41/h8-11,16,19,22,27,36-37,40,42H,3-7,12-15H2,1-2H3,(H2,34,41)/t19-,22-,27-,33-/m0/s1. The van der Waals surface area contributed by atoms with Gasteiger partial charge in [-0.1, -0.05) is 55.9 Å². The van der Waals surface area contributed by atoms with Gasteiger partial charge in [-0.3, -0.25) is 19.3 Å². The second-order valence-electron chi connectivity index (χ2n) is 12.8. The van der Waals surface area contributed by atoms with E-state index in [0.29, 0.717) is 11.5 Å². The van der Waals surface area contributed by atoms with Crippen molar-refractivity contribution in [3.8, 4) is 5.75 Å². The molecule has 1 aromatic rings. The lowest BCUT2D eigenvalue weighted by atomic mass is 9.57. The number of aliphatic hydroxyl groups is 3. The molecular formula is C33H38N2O7. The van der Waals surface area contributed by atoms with Gasteiger partial charge in [0.15, 0.2) is 11.4 Å². The Morgan fingerprint density at radius 3 is 2.45 bits per heavy atom. The Labute approximate surface area is 244 Å². The zero-order valence-electron chi connectivity index (χ0n) is 24.0. The van der Waals surface area contributed by atoms with Crippen molar-refractivity contribution < 1.29 is 34.8 Å². The third-order valence-electron chi connectivity index (χ3n) is 10.2. The number of likely N-dealkylation sites (N-methyl/N-ethyl adjacent to an activating group) is 1. The van der Waals surface area contributed by atoms with Crippen LogP contribution in [-0.4, -0.2) is 68.5 Å². The lowest BCUT2D eigenvalue weighted by Gasteiger charge is -2.50. The Hall–Kier alpha value is -3.69. The largest absolute Gasteiger partial charge is 0.508 e. The van der Waals surface area contributed by atoms with Gasteiger partial charge in [-0.25, -0.2) is 0 Å². The molecule has 0 unspecified atom stereocenters. The van der Waals surface area contributed by atoms with Crippen LogP contribution in [0, 0.1) is 17.8 Å². The molecule has 0 bridgehead atoms. The number of nitrogens with two attached hydrogens (primary N) is 1. The molecule has 4 atom stereocenters. The van der Waals surface area contributed by atoms with Crippen LogP contribution in [0.1, 0.15) is 68.1 Å². The number of phenols is 1. The maximum Gasteiger partial charge on any atom is 0.255 e. The molecule has 0 radical (unpaired) electrons. The zero-order valence-corrected chi connectivity index (χ0v) is 24.0. The maximum atomic E-state index is 14.0. The van der Waals surface area contributed by atoms with Crippen LogP contribution < -0.4 is 5.73 Å². The average Bonchev–Trinajstić information content (AvgIpc) is 3.39. The molecule has 6 N–H and O–H groups in total. The summed E-state index contributed by atoms with van der Waals surface area (Å²) in [4.78, 5) is 41.0. The SMILES string of the molecule is CN(C)[C@@H]1C(=O)C(C(N)=O)=C(O)[C@@]2(O)C(=O)C3=C(O)c4c(O)ccc(C5=CC=C(CC6CCCCC6)C5)c4C[C@H]3C[C@@H]12. The van der Waals surface area contributed by atoms with Gasteiger partial charge in [-0.05, 0) is 74.4 Å². The number of aromatic hydroxyl groups is 1. The number of nitrogens with zero attached hydrogens (tertiary/aromatic N) is 1. The number of carbonyl (C=O) groups excluding carboxylic acids is 3. The molecule has 1 amide bonds. The fraction of sp³-hybridized carbons (Fsp3) is 0.485. The number of fused-ring (bicyclic) bond motifs is 3. The van der Waals surface area contributed by atoms with Gasteiger partial charge in [0.25, 0.3) is 5.91 Å². The summed E-state index contributed by atoms with van der Waals surface area (Å²) in [5.41, 5.74) is 5.99. The van der Waals surface area contributed by atoms with Crippen LogP contribution in [0.15, 0.2) is 46.8 Å². The van der Waals surface area contributed by atoms with Gasteiger partial charge in [0.2, 0.25) is 5.78 Å². The second-order valence-corrected chi connectivity index (χ2v) is 12.8. The molecule has 0 saturated heterocycles. The first-order valence-corrected chi connectivity index (χ1v) is 14.8. The first-order chi connectivity index (χ1) is 19.9. The van der Waals surface area contributed by atoms with Crippen LogP contribution in [0.3, 0.4) is 0 Å². The molecule has 9 nitrogen and oxygen atoms in total. The maximum absolute atomic E-state index is 14.0. The van der Waals surface area contributed by atoms with Gasteiger partial charge in [-0.2, -0.15) is 0 Å². The topological polar surface area (TPSA) is 161 Å². The van der Waals surface area contributed by atoms with Crippen LogP contribution in [0.4, 0.5) is 0 Å². The quantitative estimate of drug-likeness (QED) is 0.333. The van der Waals surface area contributed by atoms with Gasteiger partial charge in [0.05, 0.1) is 11.6 Å². The fourth-order valence-electron chi connectivity index (χ4n) is 8.21. The highest BCUT2D eigenvalue weighted by atomic mass is 16.3. The zero-order chi connectivity index (χ0) is 30.1. The van der Waals surface area contributed by atoms with Crippen molar-refractivity contribution in [1.82, 2.24) is 4.90 Å². The molecule has 222 valence electrons. The summed E-state index contributed by atoms with van der Waals surface area (Å²) in [5, 5.41) is 45.2. The van der Waals surface area contributed by atoms with E-state index in [0.717, 1.165) is 24.0 Å². The van der Waals surface area contributed by atoms with Crippen LogP contribution in [0.2, 0.25) is 0 Å². The highest BCUT2D eigenvalue weighted by molar-refractivity contribution is 6.24. The molecule has 5 aliphatic carbocycles. The number of rotatable bonds is 5. The summed E-state index contributed by atoms with van der Waals surface area (Å²) < 4.78 is 0. The van der Waals surface area contributed by atoms with Crippen molar-refractivity contribution >= 4 is 28.8 Å². The van der Waals surface area contributed by atoms with E-state index in [4.69, 9.17) is 5.73 Å². The van der Waals surface area contributed by atoms with Gasteiger partial charge in [0.1, 0.15) is 22.8 Å². The molecule has 6 rings (SSSR count). The number of primary amides is 1. The summed E-state index contributed by atoms with van der Waals surface area (Å²) in [5.74, 6) is -5.72. The molecule has 2 fully saturated rings. The van der Waals surface area contributed by atoms with Crippen LogP contribution in [-0.2, 0) is 20.8 Å². The van der Waals surface area contributed by atoms with Gasteiger partial charge >= 0.3 is 0 Å². The van der Waals surface area contributed by atoms with Crippen LogP contribution >= 0.6 is 0 Å². The number of benzene rings is 1. The third-order valence-corrected chi connectivity index (χ3v) is 10.2. The summed E-state index contributed by atoms with van der Waals surface area (Å²) in [6, 6.07) is 2.24. The number of allylic oxidation sites excluding steroid dienone is 4. The summed E-state index contributed by atoms with van der Waals surface area (Å²) in [6.07, 6.45) is 12.9. The van der Waals surface area contributed by atoms with Crippen LogP contribution in [0.25, 0.3) is 11.3 Å². The van der Waals surface area contributed by atoms with Crippen molar-refractivity contribution in [1.29, 1.82) is 0 Å². The lowest BCUT2D eigenvalue weighted by molar-refractivity contribution is -0.153. The van der Waals surface area contributed by atoms with E-state index in [1.54, 1.807) is 14.1 Å². The first kappa shape index (κ1) is 28.4. The predicted octanol–water partition coefficient (Wildman–Crippen LogP) is 3.65. The summed E-state index contributed by atoms with van der Waals surface area (Å²) >= 11 is 0. The smallest absolute Gasteiger partial charge is 0.255 e. The van der Waals surface area contributed by atoms with E-state index < -0.39 is 58.0 Å². The van der Waals surface area contributed by atoms with E-state index in [2.05, 4.69) is 12.2 Å². The van der Waals surface area contributed by atoms with E-state index in [-0.39, 0.29) is 29.7 Å². The average molecular weight is 575 g/mol. The number of ketones is 2. The first-order valence-electron chi connectivity index (χ1n) is 14.8. The summed E-state index contributed by atoms with van der Waals surface area (Å²) in [7, 11) is 3.18. The predicted molar refractivity (Wildman–Crippen MR) is 156 cm³/mol. The van der Waals surface area contributed by atoms with E-state index in [1.807, 2.05) is 6.07 Å². The minimum atomic E-state index is -2.64. The lowest BCUT2D eigenvalue weighted by Crippen LogP contribution is -2.65. The molecule has 0 heterocycles. The van der Waals surface area contributed by atoms with Crippen LogP contribution in [0.5, 0.6) is 5.75 Å². The molecule has 0 aromatic heterocycles. The normalized spacial score (nSPS) is 29.8. The Morgan fingerprint density at radius 1 is 1.07 bits per heavy atom. The van der Waals surface area contributed by atoms with Gasteiger partial charge in [-0.15, -0.1) is 0 Å². The number of carbonyl (C=O) groups is 3. The Kier molecular flexibility index (Phi) is 6.93. The van der Waals surface area contributed by atoms with Gasteiger partial charge < -0.3 is 26.2 Å². The highest BCUT2D eigenvalue weighted by Crippen LogP contribution is 2.53. The Balaban J connectivity index is 1.40. The Morgan fingerprint density at radius 2 is 1.79 bits per heavy atom. The molecular weight excluding hydrogens is 536 g/mol. The number of hydrogen-bond donors (Lipinski definition) is 5. The molecule has 9 heteroatoms. The third kappa shape index (κ3) is 4.16. The summed E-state index contributed by atoms with van der Waals surface area (Å²) in [6.45, 7) is 0. The van der Waals surface area contributed by atoms with E-state index in [1.165, 1.54) is 48.6 Å². The molecule has 5 aliphatic rings. The highest BCUT2D eigenvalue weighted by Gasteiger charge is 2.64. The molecule has 42 heavy (non-hydrogen) atoms. The molecule has 1 aromatic carbocycles. The number of hydrogen-bond acceptors (Lipinski definition) is 8. The number of phenolic OH excluding ortho intramolecular Hbond substituents is 1. The van der Waals surface area contributed by atoms with Crippen molar-refractivity contribution in [3.63, 3.8) is 0 Å². The van der Waals surface area contributed by atoms with Crippen molar-refractivity contribution in [2.24, 2.45) is 23.5 Å². The van der Waals surface area contributed by atoms with Crippen molar-refractivity contribution in [2.75, 3.05) is 14.1 Å². The fourth-order valence-corrected chi connectivity index (χ4v) is 8.21. The minimum absolute atomic E-state index is 0.0745. The molecule has 2 saturated carbocycles. The van der Waals surface area contributed by atoms with Gasteiger partial charge in [0, 0.05) is 11.5 Å². The van der Waals surface area contributed by atoms with E-state index in [9.17, 15) is 34.8 Å². The number of aliphatic hydroxyl groups excluding tert-OH is 2. The second kappa shape index (κ2) is 10.2. The molecule has 0 aliphatic heterocycles. The van der Waals surface area contributed by atoms with Crippen molar-refractivity contribution in [2.45, 2.75) is 69.4 Å². The number of Topliss-reactive ketones (excluding diaryl/α,β-unsaturated/α-hetero) is 2. The minimum Gasteiger partial charge on any atom is -0.508 e. The molecule has 0 spiro atoms.